The van der Waals surface area contributed by atoms with E-state index in [2.05, 4.69) is 13.0 Å². The van der Waals surface area contributed by atoms with Crippen LogP contribution in [0.25, 0.3) is 0 Å². The van der Waals surface area contributed by atoms with E-state index in [-0.39, 0.29) is 12.0 Å². The van der Waals surface area contributed by atoms with Gasteiger partial charge in [0.15, 0.2) is 0 Å². The highest BCUT2D eigenvalue weighted by molar-refractivity contribution is 5.09. The molecule has 0 heterocycles. The van der Waals surface area contributed by atoms with Crippen LogP contribution in [-0.2, 0) is 0 Å². The van der Waals surface area contributed by atoms with Gasteiger partial charge in [0.05, 0.1) is 12.0 Å². The molecule has 0 saturated carbocycles. The fourth-order valence-corrected chi connectivity index (χ4v) is 1.18. The Balaban J connectivity index is 2.61. The molecule has 0 aromatic rings. The Morgan fingerprint density at radius 1 is 1.60 bits per heavy atom. The van der Waals surface area contributed by atoms with Gasteiger partial charge in [0, 0.05) is 6.04 Å². The molecule has 0 amide bonds. The van der Waals surface area contributed by atoms with Crippen molar-refractivity contribution in [1.29, 1.82) is 5.26 Å². The first kappa shape index (κ1) is 7.30. The summed E-state index contributed by atoms with van der Waals surface area (Å²) >= 11 is 0. The van der Waals surface area contributed by atoms with Crippen LogP contribution < -0.4 is 5.73 Å². The largest absolute Gasteiger partial charge is 0.324 e. The Bertz CT molecular complexity index is 178. The molecule has 0 radical (unpaired) electrons. The third-order valence-corrected chi connectivity index (χ3v) is 2.01. The van der Waals surface area contributed by atoms with E-state index in [1.165, 1.54) is 0 Å². The third kappa shape index (κ3) is 1.37. The Morgan fingerprint density at radius 2 is 2.30 bits per heavy atom. The van der Waals surface area contributed by atoms with E-state index in [9.17, 15) is 0 Å². The predicted octanol–water partition coefficient (Wildman–Crippen LogP) is 1.05. The fourth-order valence-electron chi connectivity index (χ4n) is 1.18. The lowest BCUT2D eigenvalue weighted by atomic mass is 9.86. The molecule has 54 valence electrons. The molecule has 1 aliphatic carbocycles. The highest BCUT2D eigenvalue weighted by Crippen LogP contribution is 2.21. The SMILES string of the molecule is CC1CC(C#N)C=CC1N. The van der Waals surface area contributed by atoms with Crippen molar-refractivity contribution in [3.63, 3.8) is 0 Å². The van der Waals surface area contributed by atoms with Crippen LogP contribution >= 0.6 is 0 Å². The first-order chi connectivity index (χ1) is 4.74. The van der Waals surface area contributed by atoms with Gasteiger partial charge in [-0.3, -0.25) is 0 Å². The van der Waals surface area contributed by atoms with Gasteiger partial charge < -0.3 is 5.73 Å². The van der Waals surface area contributed by atoms with Gasteiger partial charge in [0.25, 0.3) is 0 Å². The lowest BCUT2D eigenvalue weighted by Crippen LogP contribution is -2.30. The predicted molar refractivity (Wildman–Crippen MR) is 40.0 cm³/mol. The van der Waals surface area contributed by atoms with E-state index < -0.39 is 0 Å². The second kappa shape index (κ2) is 2.85. The minimum atomic E-state index is 0.0924. The van der Waals surface area contributed by atoms with Crippen LogP contribution in [0.5, 0.6) is 0 Å². The van der Waals surface area contributed by atoms with E-state index in [1.54, 1.807) is 0 Å². The maximum Gasteiger partial charge on any atom is 0.0697 e. The summed E-state index contributed by atoms with van der Waals surface area (Å²) in [7, 11) is 0. The summed E-state index contributed by atoms with van der Waals surface area (Å²) in [5, 5.41) is 8.55. The summed E-state index contributed by atoms with van der Waals surface area (Å²) in [6.45, 7) is 2.08. The Morgan fingerprint density at radius 3 is 2.80 bits per heavy atom. The molecule has 2 N–H and O–H groups in total. The second-order valence-corrected chi connectivity index (χ2v) is 2.91. The van der Waals surface area contributed by atoms with Gasteiger partial charge in [-0.15, -0.1) is 0 Å². The topological polar surface area (TPSA) is 49.8 Å². The molecule has 1 aliphatic rings. The minimum absolute atomic E-state index is 0.0924. The van der Waals surface area contributed by atoms with Gasteiger partial charge in [-0.25, -0.2) is 0 Å². The molecule has 3 unspecified atom stereocenters. The average molecular weight is 136 g/mol. The molecule has 0 aromatic carbocycles. The molecule has 0 aliphatic heterocycles. The molecule has 0 spiro atoms. The summed E-state index contributed by atoms with van der Waals surface area (Å²) in [6, 6.07) is 2.37. The Hall–Kier alpha value is -0.810. The summed E-state index contributed by atoms with van der Waals surface area (Å²) < 4.78 is 0. The molecular weight excluding hydrogens is 124 g/mol. The van der Waals surface area contributed by atoms with Crippen LogP contribution in [0.3, 0.4) is 0 Å². The number of hydrogen-bond donors (Lipinski definition) is 1. The molecular formula is C8H12N2. The van der Waals surface area contributed by atoms with E-state index >= 15 is 0 Å². The Kier molecular flexibility index (Phi) is 2.08. The monoisotopic (exact) mass is 136 g/mol. The summed E-state index contributed by atoms with van der Waals surface area (Å²) in [4.78, 5) is 0. The maximum absolute atomic E-state index is 8.55. The van der Waals surface area contributed by atoms with Crippen molar-refractivity contribution >= 4 is 0 Å². The highest BCUT2D eigenvalue weighted by atomic mass is 14.6. The summed E-state index contributed by atoms with van der Waals surface area (Å²) in [6.07, 6.45) is 4.75. The number of nitrogens with zero attached hydrogens (tertiary/aromatic N) is 1. The summed E-state index contributed by atoms with van der Waals surface area (Å²) in [5.41, 5.74) is 5.70. The van der Waals surface area contributed by atoms with Crippen LogP contribution in [0, 0.1) is 23.2 Å². The van der Waals surface area contributed by atoms with E-state index in [0.29, 0.717) is 5.92 Å². The second-order valence-electron chi connectivity index (χ2n) is 2.91. The van der Waals surface area contributed by atoms with Crippen molar-refractivity contribution in [1.82, 2.24) is 0 Å². The average Bonchev–Trinajstić information content (AvgIpc) is 1.95. The van der Waals surface area contributed by atoms with Crippen molar-refractivity contribution in [2.75, 3.05) is 0 Å². The number of nitrogens with two attached hydrogens (primary N) is 1. The quantitative estimate of drug-likeness (QED) is 0.506. The van der Waals surface area contributed by atoms with Crippen molar-refractivity contribution < 1.29 is 0 Å². The number of hydrogen-bond acceptors (Lipinski definition) is 2. The smallest absolute Gasteiger partial charge is 0.0697 e. The van der Waals surface area contributed by atoms with Gasteiger partial charge in [0.1, 0.15) is 0 Å². The zero-order chi connectivity index (χ0) is 7.56. The van der Waals surface area contributed by atoms with Crippen LogP contribution in [0.1, 0.15) is 13.3 Å². The van der Waals surface area contributed by atoms with E-state index in [0.717, 1.165) is 6.42 Å². The van der Waals surface area contributed by atoms with Gasteiger partial charge in [-0.05, 0) is 12.3 Å². The van der Waals surface area contributed by atoms with Gasteiger partial charge in [0.2, 0.25) is 0 Å². The van der Waals surface area contributed by atoms with Crippen molar-refractivity contribution in [3.05, 3.63) is 12.2 Å². The van der Waals surface area contributed by atoms with Crippen molar-refractivity contribution in [2.45, 2.75) is 19.4 Å². The van der Waals surface area contributed by atoms with E-state index in [4.69, 9.17) is 11.0 Å². The molecule has 0 aromatic heterocycles. The molecule has 0 bridgehead atoms. The van der Waals surface area contributed by atoms with Crippen LogP contribution in [-0.4, -0.2) is 6.04 Å². The zero-order valence-electron chi connectivity index (χ0n) is 6.12. The van der Waals surface area contributed by atoms with Crippen LogP contribution in [0.4, 0.5) is 0 Å². The summed E-state index contributed by atoms with van der Waals surface area (Å²) in [5.74, 6) is 0.546. The maximum atomic E-state index is 8.55. The molecule has 0 fully saturated rings. The zero-order valence-corrected chi connectivity index (χ0v) is 6.12. The molecule has 1 rings (SSSR count). The first-order valence-electron chi connectivity index (χ1n) is 3.57. The fraction of sp³-hybridized carbons (Fsp3) is 0.625. The molecule has 2 nitrogen and oxygen atoms in total. The normalized spacial score (nSPS) is 39.1. The molecule has 3 atom stereocenters. The lowest BCUT2D eigenvalue weighted by Gasteiger charge is -2.22. The standard InChI is InChI=1S/C8H12N2/c1-6-4-7(5-9)2-3-8(6)10/h2-3,6-8H,4,10H2,1H3. The first-order valence-corrected chi connectivity index (χ1v) is 3.57. The molecule has 0 saturated heterocycles. The molecule has 10 heavy (non-hydrogen) atoms. The van der Waals surface area contributed by atoms with Gasteiger partial charge >= 0.3 is 0 Å². The Labute approximate surface area is 61.3 Å². The van der Waals surface area contributed by atoms with Crippen LogP contribution in [0.2, 0.25) is 0 Å². The number of rotatable bonds is 0. The third-order valence-electron chi connectivity index (χ3n) is 2.01. The molecule has 2 heteroatoms. The van der Waals surface area contributed by atoms with E-state index in [1.807, 2.05) is 12.2 Å². The van der Waals surface area contributed by atoms with Crippen molar-refractivity contribution in [2.24, 2.45) is 17.6 Å². The number of nitriles is 1. The number of allylic oxidation sites excluding steroid dienone is 1. The highest BCUT2D eigenvalue weighted by Gasteiger charge is 2.19. The minimum Gasteiger partial charge on any atom is -0.324 e. The van der Waals surface area contributed by atoms with Gasteiger partial charge in [-0.1, -0.05) is 19.1 Å². The van der Waals surface area contributed by atoms with Crippen LogP contribution in [0.15, 0.2) is 12.2 Å². The van der Waals surface area contributed by atoms with Gasteiger partial charge in [-0.2, -0.15) is 5.26 Å². The van der Waals surface area contributed by atoms with Crippen molar-refractivity contribution in [3.8, 4) is 6.07 Å². The lowest BCUT2D eigenvalue weighted by molar-refractivity contribution is 0.429.